The van der Waals surface area contributed by atoms with Crippen LogP contribution in [0.2, 0.25) is 0 Å². The Labute approximate surface area is 260 Å². The monoisotopic (exact) mass is 567 g/mol. The summed E-state index contributed by atoms with van der Waals surface area (Å²) < 4.78 is 0. The molecule has 0 amide bonds. The van der Waals surface area contributed by atoms with Crippen molar-refractivity contribution in [1.29, 1.82) is 5.26 Å². The van der Waals surface area contributed by atoms with Crippen molar-refractivity contribution in [2.24, 2.45) is 0 Å². The van der Waals surface area contributed by atoms with Crippen LogP contribution in [0.4, 0.5) is 22.7 Å². The molecule has 4 aromatic rings. The maximum Gasteiger partial charge on any atom is 0.0991 e. The van der Waals surface area contributed by atoms with Gasteiger partial charge in [0, 0.05) is 35.5 Å². The lowest BCUT2D eigenvalue weighted by Gasteiger charge is -2.26. The van der Waals surface area contributed by atoms with Crippen LogP contribution in [0, 0.1) is 11.3 Å². The molecule has 0 saturated heterocycles. The number of allylic oxidation sites excluding steroid dienone is 6. The van der Waals surface area contributed by atoms with E-state index in [-0.39, 0.29) is 0 Å². The molecular weight excluding hydrogens is 522 g/mol. The first kappa shape index (κ1) is 34.1. The molecule has 0 unspecified atom stereocenters. The second-order valence-electron chi connectivity index (χ2n) is 9.58. The molecule has 220 valence electrons. The average Bonchev–Trinajstić information content (AvgIpc) is 3.05. The standard InChI is InChI=1S/C35H33N3.C3H6.C2H6/c1-6-9-28(7-2)31-10-8-11-35(24-31)38(26(3)4)34-22-16-30(17-23-34)29-14-20-33(21-15-29)37(5)32-18-12-27(25-36)13-19-32;1-3-2;1-2/h6-24H,3H2,1-2,4-5H3;3H,1H2,2H3;1-2H3/b9-6-,28-7+;;. The highest BCUT2D eigenvalue weighted by Gasteiger charge is 2.12. The summed E-state index contributed by atoms with van der Waals surface area (Å²) in [6.45, 7) is 19.6. The predicted octanol–water partition coefficient (Wildman–Crippen LogP) is 11.9. The Morgan fingerprint density at radius 1 is 0.744 bits per heavy atom. The normalized spacial score (nSPS) is 10.4. The Morgan fingerprint density at radius 3 is 1.67 bits per heavy atom. The fourth-order valence-corrected chi connectivity index (χ4v) is 4.54. The third-order valence-corrected chi connectivity index (χ3v) is 6.57. The molecule has 0 atom stereocenters. The molecule has 4 rings (SSSR count). The zero-order chi connectivity index (χ0) is 31.8. The highest BCUT2D eigenvalue weighted by atomic mass is 15.1. The van der Waals surface area contributed by atoms with E-state index in [1.165, 1.54) is 11.1 Å². The molecule has 0 spiro atoms. The molecule has 0 N–H and O–H groups in total. The van der Waals surface area contributed by atoms with E-state index in [0.717, 1.165) is 39.6 Å². The van der Waals surface area contributed by atoms with Crippen LogP contribution in [-0.2, 0) is 0 Å². The van der Waals surface area contributed by atoms with Gasteiger partial charge < -0.3 is 9.80 Å². The van der Waals surface area contributed by atoms with Gasteiger partial charge >= 0.3 is 0 Å². The summed E-state index contributed by atoms with van der Waals surface area (Å²) in [6, 6.07) is 35.5. The van der Waals surface area contributed by atoms with E-state index in [4.69, 9.17) is 5.26 Å². The van der Waals surface area contributed by atoms with Gasteiger partial charge in [-0.15, -0.1) is 6.58 Å². The molecule has 0 aliphatic rings. The summed E-state index contributed by atoms with van der Waals surface area (Å²) in [5.74, 6) is 0. The number of nitriles is 1. The Hall–Kier alpha value is -5.07. The van der Waals surface area contributed by atoms with Crippen molar-refractivity contribution in [2.45, 2.75) is 41.5 Å². The minimum atomic E-state index is 0.662. The molecule has 0 aromatic heterocycles. The summed E-state index contributed by atoms with van der Waals surface area (Å²) in [7, 11) is 2.03. The molecule has 0 saturated carbocycles. The first-order valence-corrected chi connectivity index (χ1v) is 14.7. The quantitative estimate of drug-likeness (QED) is 0.157. The fourth-order valence-electron chi connectivity index (χ4n) is 4.54. The van der Waals surface area contributed by atoms with Crippen molar-refractivity contribution in [2.75, 3.05) is 16.8 Å². The van der Waals surface area contributed by atoms with Gasteiger partial charge in [-0.25, -0.2) is 0 Å². The lowest BCUT2D eigenvalue weighted by molar-refractivity contribution is 1.17. The summed E-state index contributed by atoms with van der Waals surface area (Å²) in [5, 5.41) is 9.04. The molecule has 43 heavy (non-hydrogen) atoms. The van der Waals surface area contributed by atoms with Gasteiger partial charge in [-0.3, -0.25) is 0 Å². The lowest BCUT2D eigenvalue weighted by atomic mass is 10.0. The Bertz CT molecular complexity index is 1550. The zero-order valence-corrected chi connectivity index (χ0v) is 26.8. The van der Waals surface area contributed by atoms with E-state index in [1.807, 2.05) is 65.9 Å². The molecule has 0 bridgehead atoms. The maximum absolute atomic E-state index is 9.04. The molecular formula is C40H45N3. The maximum atomic E-state index is 9.04. The van der Waals surface area contributed by atoms with Gasteiger partial charge in [0.2, 0.25) is 0 Å². The Kier molecular flexibility index (Phi) is 14.0. The molecule has 0 heterocycles. The minimum absolute atomic E-state index is 0.662. The highest BCUT2D eigenvalue weighted by Crippen LogP contribution is 2.34. The first-order chi connectivity index (χ1) is 20.9. The van der Waals surface area contributed by atoms with Crippen molar-refractivity contribution in [3.8, 4) is 17.2 Å². The predicted molar refractivity (Wildman–Crippen MR) is 190 cm³/mol. The van der Waals surface area contributed by atoms with Gasteiger partial charge in [-0.1, -0.05) is 81.1 Å². The van der Waals surface area contributed by atoms with Crippen LogP contribution in [0.15, 0.2) is 140 Å². The first-order valence-electron chi connectivity index (χ1n) is 14.7. The van der Waals surface area contributed by atoms with Crippen LogP contribution in [-0.4, -0.2) is 7.05 Å². The summed E-state index contributed by atoms with van der Waals surface area (Å²) in [5.41, 5.74) is 10.6. The lowest BCUT2D eigenvalue weighted by Crippen LogP contribution is -2.13. The van der Waals surface area contributed by atoms with Crippen molar-refractivity contribution in [3.63, 3.8) is 0 Å². The SMILES string of the molecule is C=C(C)N(c1ccc(-c2ccc(N(C)c3ccc(C#N)cc3)cc2)cc1)c1cccc(C(/C=C\C)=C/C)c1.C=CC.CC. The second-order valence-corrected chi connectivity index (χ2v) is 9.58. The van der Waals surface area contributed by atoms with Gasteiger partial charge in [0.25, 0.3) is 0 Å². The molecule has 3 nitrogen and oxygen atoms in total. The van der Waals surface area contributed by atoms with Crippen LogP contribution in [0.25, 0.3) is 16.7 Å². The number of anilines is 4. The molecule has 0 aliphatic carbocycles. The fraction of sp³-hybridized carbons (Fsp3) is 0.175. The summed E-state index contributed by atoms with van der Waals surface area (Å²) >= 11 is 0. The number of hydrogen-bond acceptors (Lipinski definition) is 3. The molecule has 3 heteroatoms. The van der Waals surface area contributed by atoms with Crippen LogP contribution in [0.3, 0.4) is 0 Å². The second kappa shape index (κ2) is 17.7. The van der Waals surface area contributed by atoms with E-state index >= 15 is 0 Å². The van der Waals surface area contributed by atoms with Gasteiger partial charge in [-0.2, -0.15) is 5.26 Å². The third kappa shape index (κ3) is 9.21. The van der Waals surface area contributed by atoms with Crippen molar-refractivity contribution in [1.82, 2.24) is 0 Å². The summed E-state index contributed by atoms with van der Waals surface area (Å²) in [6.07, 6.45) is 8.08. The van der Waals surface area contributed by atoms with Crippen molar-refractivity contribution >= 4 is 28.3 Å². The zero-order valence-electron chi connectivity index (χ0n) is 26.8. The van der Waals surface area contributed by atoms with Crippen molar-refractivity contribution < 1.29 is 0 Å². The highest BCUT2D eigenvalue weighted by molar-refractivity contribution is 5.79. The van der Waals surface area contributed by atoms with E-state index in [2.05, 4.69) is 127 Å². The molecule has 0 aliphatic heterocycles. The largest absolute Gasteiger partial charge is 0.345 e. The van der Waals surface area contributed by atoms with Crippen LogP contribution in [0.1, 0.15) is 52.7 Å². The van der Waals surface area contributed by atoms with E-state index in [9.17, 15) is 0 Å². The number of rotatable bonds is 8. The van der Waals surface area contributed by atoms with Gasteiger partial charge in [0.05, 0.1) is 11.6 Å². The Balaban J connectivity index is 0.00000121. The number of nitrogens with zero attached hydrogens (tertiary/aromatic N) is 3. The van der Waals surface area contributed by atoms with Gasteiger partial charge in [0.15, 0.2) is 0 Å². The Morgan fingerprint density at radius 2 is 1.23 bits per heavy atom. The topological polar surface area (TPSA) is 30.3 Å². The molecule has 0 radical (unpaired) electrons. The summed E-state index contributed by atoms with van der Waals surface area (Å²) in [4.78, 5) is 4.30. The molecule has 4 aromatic carbocycles. The van der Waals surface area contributed by atoms with E-state index < -0.39 is 0 Å². The smallest absolute Gasteiger partial charge is 0.0991 e. The van der Waals surface area contributed by atoms with Gasteiger partial charge in [0.1, 0.15) is 0 Å². The number of benzene rings is 4. The van der Waals surface area contributed by atoms with E-state index in [1.54, 1.807) is 6.08 Å². The van der Waals surface area contributed by atoms with Crippen LogP contribution in [0.5, 0.6) is 0 Å². The minimum Gasteiger partial charge on any atom is -0.345 e. The third-order valence-electron chi connectivity index (χ3n) is 6.57. The van der Waals surface area contributed by atoms with E-state index in [0.29, 0.717) is 5.56 Å². The van der Waals surface area contributed by atoms with Crippen LogP contribution >= 0.6 is 0 Å². The van der Waals surface area contributed by atoms with Crippen LogP contribution < -0.4 is 9.80 Å². The average molecular weight is 568 g/mol. The molecule has 0 fully saturated rings. The number of hydrogen-bond donors (Lipinski definition) is 0. The van der Waals surface area contributed by atoms with Crippen molar-refractivity contribution in [3.05, 3.63) is 151 Å². The van der Waals surface area contributed by atoms with Gasteiger partial charge in [-0.05, 0) is 111 Å².